The maximum absolute atomic E-state index is 6.30. The average molecular weight is 419 g/mol. The van der Waals surface area contributed by atoms with Gasteiger partial charge in [-0.25, -0.2) is 9.97 Å². The molecule has 0 aliphatic rings. The Morgan fingerprint density at radius 2 is 1.86 bits per heavy atom. The predicted octanol–water partition coefficient (Wildman–Crippen LogP) is 4.56. The van der Waals surface area contributed by atoms with Crippen molar-refractivity contribution in [3.63, 3.8) is 0 Å². The third kappa shape index (κ3) is 3.39. The normalized spacial score (nSPS) is 12.2. The lowest BCUT2D eigenvalue weighted by atomic mass is 9.89. The summed E-state index contributed by atoms with van der Waals surface area (Å²) in [5.74, 6) is 0.952. The molecular formula is C15H20ClIN4. The van der Waals surface area contributed by atoms with Crippen molar-refractivity contribution >= 4 is 34.2 Å². The van der Waals surface area contributed by atoms with E-state index in [4.69, 9.17) is 16.6 Å². The molecule has 2 rings (SSSR count). The third-order valence-corrected chi connectivity index (χ3v) is 4.82. The van der Waals surface area contributed by atoms with E-state index in [9.17, 15) is 0 Å². The van der Waals surface area contributed by atoms with Gasteiger partial charge in [0.15, 0.2) is 5.82 Å². The topological polar surface area (TPSA) is 43.6 Å². The summed E-state index contributed by atoms with van der Waals surface area (Å²) < 4.78 is 2.73. The SMILES string of the molecule is CC(C)c1nc(-c2cn(C)nc2C(C)(C)C)nc(Cl)c1I. The second-order valence-electron chi connectivity index (χ2n) is 6.51. The average Bonchev–Trinajstić information content (AvgIpc) is 2.74. The van der Waals surface area contributed by atoms with E-state index in [-0.39, 0.29) is 5.41 Å². The van der Waals surface area contributed by atoms with Gasteiger partial charge in [-0.1, -0.05) is 46.2 Å². The van der Waals surface area contributed by atoms with E-state index in [0.717, 1.165) is 20.5 Å². The number of aromatic nitrogens is 4. The fourth-order valence-corrected chi connectivity index (χ4v) is 3.19. The van der Waals surface area contributed by atoms with Gasteiger partial charge in [0.1, 0.15) is 5.15 Å². The van der Waals surface area contributed by atoms with E-state index < -0.39 is 0 Å². The second kappa shape index (κ2) is 5.83. The summed E-state index contributed by atoms with van der Waals surface area (Å²) in [6.45, 7) is 10.6. The van der Waals surface area contributed by atoms with Crippen molar-refractivity contribution in [2.24, 2.45) is 7.05 Å². The van der Waals surface area contributed by atoms with Crippen LogP contribution in [0.25, 0.3) is 11.4 Å². The largest absolute Gasteiger partial charge is 0.275 e. The molecule has 0 spiro atoms. The molecule has 0 radical (unpaired) electrons. The molecule has 0 saturated carbocycles. The highest BCUT2D eigenvalue weighted by atomic mass is 127. The minimum atomic E-state index is -0.0760. The molecule has 0 fully saturated rings. The van der Waals surface area contributed by atoms with E-state index in [1.54, 1.807) is 4.68 Å². The second-order valence-corrected chi connectivity index (χ2v) is 7.94. The van der Waals surface area contributed by atoms with Gasteiger partial charge in [-0.05, 0) is 28.5 Å². The van der Waals surface area contributed by atoms with Crippen LogP contribution >= 0.6 is 34.2 Å². The van der Waals surface area contributed by atoms with Gasteiger partial charge in [-0.2, -0.15) is 5.10 Å². The van der Waals surface area contributed by atoms with Gasteiger partial charge < -0.3 is 0 Å². The molecule has 0 bridgehead atoms. The first-order chi connectivity index (χ1) is 9.61. The number of halogens is 2. The van der Waals surface area contributed by atoms with Gasteiger partial charge in [0.25, 0.3) is 0 Å². The number of hydrogen-bond donors (Lipinski definition) is 0. The van der Waals surface area contributed by atoms with Crippen molar-refractivity contribution in [1.82, 2.24) is 19.7 Å². The van der Waals surface area contributed by atoms with E-state index in [1.165, 1.54) is 0 Å². The van der Waals surface area contributed by atoms with E-state index in [0.29, 0.717) is 16.9 Å². The molecular weight excluding hydrogens is 399 g/mol. The molecule has 21 heavy (non-hydrogen) atoms. The quantitative estimate of drug-likeness (QED) is 0.530. The van der Waals surface area contributed by atoms with Crippen molar-refractivity contribution < 1.29 is 0 Å². The highest BCUT2D eigenvalue weighted by molar-refractivity contribution is 14.1. The van der Waals surface area contributed by atoms with Gasteiger partial charge in [-0.15, -0.1) is 0 Å². The number of hydrogen-bond acceptors (Lipinski definition) is 3. The molecule has 2 heterocycles. The van der Waals surface area contributed by atoms with E-state index >= 15 is 0 Å². The Balaban J connectivity index is 2.68. The molecule has 4 nitrogen and oxygen atoms in total. The first kappa shape index (κ1) is 16.7. The lowest BCUT2D eigenvalue weighted by Gasteiger charge is -2.17. The zero-order chi connectivity index (χ0) is 15.9. The van der Waals surface area contributed by atoms with Gasteiger partial charge in [0.2, 0.25) is 0 Å². The molecule has 0 unspecified atom stereocenters. The predicted molar refractivity (Wildman–Crippen MR) is 94.8 cm³/mol. The number of nitrogens with zero attached hydrogens (tertiary/aromatic N) is 4. The van der Waals surface area contributed by atoms with Gasteiger partial charge >= 0.3 is 0 Å². The molecule has 0 saturated heterocycles. The Hall–Kier alpha value is -0.690. The minimum Gasteiger partial charge on any atom is -0.275 e. The molecule has 114 valence electrons. The van der Waals surface area contributed by atoms with Crippen molar-refractivity contribution in [3.8, 4) is 11.4 Å². The molecule has 6 heteroatoms. The van der Waals surface area contributed by atoms with Crippen molar-refractivity contribution in [2.45, 2.75) is 46.0 Å². The minimum absolute atomic E-state index is 0.0760. The summed E-state index contributed by atoms with van der Waals surface area (Å²) in [6, 6.07) is 0. The van der Waals surface area contributed by atoms with Gasteiger partial charge in [0, 0.05) is 18.7 Å². The first-order valence-electron chi connectivity index (χ1n) is 6.88. The molecule has 0 aliphatic carbocycles. The summed E-state index contributed by atoms with van der Waals surface area (Å²) in [6.07, 6.45) is 1.96. The van der Waals surface area contributed by atoms with E-state index in [1.807, 2.05) is 13.2 Å². The third-order valence-electron chi connectivity index (χ3n) is 3.16. The Kier molecular flexibility index (Phi) is 4.63. The lowest BCUT2D eigenvalue weighted by molar-refractivity contribution is 0.554. The fourth-order valence-electron chi connectivity index (χ4n) is 2.14. The molecule has 2 aromatic rings. The molecule has 0 amide bonds. The molecule has 0 aliphatic heterocycles. The first-order valence-corrected chi connectivity index (χ1v) is 8.34. The van der Waals surface area contributed by atoms with Crippen LogP contribution < -0.4 is 0 Å². The van der Waals surface area contributed by atoms with Crippen LogP contribution in [0.1, 0.15) is 51.9 Å². The van der Waals surface area contributed by atoms with Crippen LogP contribution in [-0.2, 0) is 12.5 Å². The molecule has 0 aromatic carbocycles. The Bertz CT molecular complexity index is 671. The zero-order valence-corrected chi connectivity index (χ0v) is 16.1. The monoisotopic (exact) mass is 418 g/mol. The lowest BCUT2D eigenvalue weighted by Crippen LogP contribution is -2.14. The molecule has 0 N–H and O–H groups in total. The Labute approximate surface area is 144 Å². The van der Waals surface area contributed by atoms with Crippen LogP contribution in [0.4, 0.5) is 0 Å². The number of rotatable bonds is 2. The fraction of sp³-hybridized carbons (Fsp3) is 0.533. The van der Waals surface area contributed by atoms with E-state index in [2.05, 4.69) is 67.3 Å². The smallest absolute Gasteiger partial charge is 0.164 e. The van der Waals surface area contributed by atoms with Gasteiger partial charge in [-0.3, -0.25) is 4.68 Å². The van der Waals surface area contributed by atoms with Crippen molar-refractivity contribution in [1.29, 1.82) is 0 Å². The summed E-state index contributed by atoms with van der Waals surface area (Å²) >= 11 is 8.51. The van der Waals surface area contributed by atoms with Crippen LogP contribution in [0, 0.1) is 3.57 Å². The maximum Gasteiger partial charge on any atom is 0.164 e. The van der Waals surface area contributed by atoms with Crippen molar-refractivity contribution in [3.05, 3.63) is 26.3 Å². The van der Waals surface area contributed by atoms with Crippen LogP contribution in [0.3, 0.4) is 0 Å². The Morgan fingerprint density at radius 1 is 1.24 bits per heavy atom. The molecule has 2 aromatic heterocycles. The Morgan fingerprint density at radius 3 is 2.38 bits per heavy atom. The van der Waals surface area contributed by atoms with Gasteiger partial charge in [0.05, 0.1) is 20.5 Å². The summed E-state index contributed by atoms with van der Waals surface area (Å²) in [5, 5.41) is 5.08. The van der Waals surface area contributed by atoms with Crippen LogP contribution in [0.2, 0.25) is 5.15 Å². The molecule has 0 atom stereocenters. The van der Waals surface area contributed by atoms with Crippen molar-refractivity contribution in [2.75, 3.05) is 0 Å². The number of aryl methyl sites for hydroxylation is 1. The summed E-state index contributed by atoms with van der Waals surface area (Å²) in [7, 11) is 1.91. The van der Waals surface area contributed by atoms with Crippen LogP contribution in [-0.4, -0.2) is 19.7 Å². The standard InChI is InChI=1S/C15H20ClIN4/c1-8(2)11-10(17)13(16)19-14(18-11)9-7-21(6)20-12(9)15(3,4)5/h7-8H,1-6H3. The van der Waals surface area contributed by atoms with Crippen LogP contribution in [0.15, 0.2) is 6.20 Å². The summed E-state index contributed by atoms with van der Waals surface area (Å²) in [4.78, 5) is 9.20. The highest BCUT2D eigenvalue weighted by Gasteiger charge is 2.25. The van der Waals surface area contributed by atoms with Crippen LogP contribution in [0.5, 0.6) is 0 Å². The maximum atomic E-state index is 6.30. The summed E-state index contributed by atoms with van der Waals surface area (Å²) in [5.41, 5.74) is 2.84. The highest BCUT2D eigenvalue weighted by Crippen LogP contribution is 2.33. The zero-order valence-electron chi connectivity index (χ0n) is 13.2.